The van der Waals surface area contributed by atoms with Crippen LogP contribution in [-0.4, -0.2) is 27.1 Å². The first-order valence-electron chi connectivity index (χ1n) is 8.54. The summed E-state index contributed by atoms with van der Waals surface area (Å²) in [5, 5.41) is 6.50. The van der Waals surface area contributed by atoms with Crippen LogP contribution in [0.1, 0.15) is 5.56 Å². The number of aromatic nitrogens is 2. The molecule has 0 bridgehead atoms. The van der Waals surface area contributed by atoms with Gasteiger partial charge in [0.25, 0.3) is 5.56 Å². The lowest BCUT2D eigenvalue weighted by Gasteiger charge is -2.31. The van der Waals surface area contributed by atoms with E-state index in [1.54, 1.807) is 42.5 Å². The Bertz CT molecular complexity index is 1200. The van der Waals surface area contributed by atoms with Crippen LogP contribution in [0.2, 0.25) is 10.0 Å². The lowest BCUT2D eigenvalue weighted by molar-refractivity contribution is -0.124. The van der Waals surface area contributed by atoms with E-state index in [1.165, 1.54) is 22.7 Å². The van der Waals surface area contributed by atoms with Crippen molar-refractivity contribution in [3.63, 3.8) is 0 Å². The topological polar surface area (TPSA) is 93.1 Å². The highest BCUT2D eigenvalue weighted by Crippen LogP contribution is 2.41. The molecule has 7 nitrogen and oxygen atoms in total. The van der Waals surface area contributed by atoms with Gasteiger partial charge in [0, 0.05) is 5.56 Å². The number of nitrogens with one attached hydrogen (secondary N) is 2. The van der Waals surface area contributed by atoms with Crippen LogP contribution in [-0.2, 0) is 21.1 Å². The van der Waals surface area contributed by atoms with Crippen LogP contribution in [0, 0.1) is 0 Å². The van der Waals surface area contributed by atoms with Gasteiger partial charge in [0.1, 0.15) is 6.54 Å². The molecular weight excluding hydrogens is 435 g/mol. The lowest BCUT2D eigenvalue weighted by atomic mass is 10.1. The van der Waals surface area contributed by atoms with Crippen LogP contribution in [0.3, 0.4) is 0 Å². The second-order valence-electron chi connectivity index (χ2n) is 6.36. The highest BCUT2D eigenvalue weighted by atomic mass is 35.5. The molecule has 1 aromatic heterocycles. The van der Waals surface area contributed by atoms with Gasteiger partial charge in [0.15, 0.2) is 4.99 Å². The van der Waals surface area contributed by atoms with Crippen molar-refractivity contribution in [2.24, 2.45) is 0 Å². The summed E-state index contributed by atoms with van der Waals surface area (Å²) in [5.74, 6) is -0.605. The minimum absolute atomic E-state index is 0.139. The lowest BCUT2D eigenvalue weighted by Crippen LogP contribution is -2.53. The van der Waals surface area contributed by atoms with Crippen LogP contribution >= 0.6 is 35.0 Å². The highest BCUT2D eigenvalue weighted by molar-refractivity contribution is 8.01. The summed E-state index contributed by atoms with van der Waals surface area (Å²) < 4.78 is 1.21. The molecule has 1 aliphatic rings. The van der Waals surface area contributed by atoms with E-state index in [4.69, 9.17) is 23.2 Å². The number of amides is 2. The number of hydrogen-bond acceptors (Lipinski definition) is 5. The van der Waals surface area contributed by atoms with Gasteiger partial charge in [-0.15, -0.1) is 0 Å². The zero-order valence-electron chi connectivity index (χ0n) is 14.8. The number of para-hydroxylation sites is 1. The van der Waals surface area contributed by atoms with E-state index in [2.05, 4.69) is 15.6 Å². The number of benzene rings is 2. The summed E-state index contributed by atoms with van der Waals surface area (Å²) in [6.45, 7) is -0.271. The van der Waals surface area contributed by atoms with Gasteiger partial charge < -0.3 is 10.6 Å². The van der Waals surface area contributed by atoms with Crippen molar-refractivity contribution in [1.29, 1.82) is 0 Å². The normalized spacial score (nSPS) is 18.6. The molecular formula is C19H14Cl2N4O3S. The van der Waals surface area contributed by atoms with Crippen molar-refractivity contribution >= 4 is 57.7 Å². The molecule has 0 saturated carbocycles. The van der Waals surface area contributed by atoms with Crippen LogP contribution in [0.25, 0.3) is 10.9 Å². The van der Waals surface area contributed by atoms with Crippen LogP contribution in [0.15, 0.2) is 53.6 Å². The second kappa shape index (κ2) is 7.70. The molecule has 2 heterocycles. The zero-order chi connectivity index (χ0) is 20.6. The fraction of sp³-hybridized carbons (Fsp3) is 0.158. The predicted molar refractivity (Wildman–Crippen MR) is 113 cm³/mol. The van der Waals surface area contributed by atoms with Crippen molar-refractivity contribution in [1.82, 2.24) is 20.2 Å². The largest absolute Gasteiger partial charge is 0.320 e. The third-order valence-electron chi connectivity index (χ3n) is 4.43. The summed E-state index contributed by atoms with van der Waals surface area (Å²) in [7, 11) is 0. The number of nitrogens with zero attached hydrogens (tertiary/aromatic N) is 2. The number of carbonyl (C=O) groups excluding carboxylic acids is 2. The van der Waals surface area contributed by atoms with Gasteiger partial charge in [-0.1, -0.05) is 59.2 Å². The molecule has 3 aromatic rings. The molecule has 148 valence electrons. The molecule has 1 unspecified atom stereocenters. The maximum Gasteiger partial charge on any atom is 0.261 e. The maximum absolute atomic E-state index is 12.8. The van der Waals surface area contributed by atoms with Gasteiger partial charge in [-0.25, -0.2) is 4.98 Å². The number of thioether (sulfide) groups is 1. The molecule has 10 heteroatoms. The minimum atomic E-state index is -1.27. The molecule has 4 rings (SSSR count). The van der Waals surface area contributed by atoms with Crippen molar-refractivity contribution < 1.29 is 9.59 Å². The third kappa shape index (κ3) is 3.71. The van der Waals surface area contributed by atoms with E-state index < -0.39 is 10.9 Å². The quantitative estimate of drug-likeness (QED) is 0.639. The van der Waals surface area contributed by atoms with Gasteiger partial charge in [-0.3, -0.25) is 19.0 Å². The summed E-state index contributed by atoms with van der Waals surface area (Å²) in [6, 6.07) is 11.9. The first kappa shape index (κ1) is 19.8. The van der Waals surface area contributed by atoms with Gasteiger partial charge in [0.2, 0.25) is 11.8 Å². The molecule has 1 saturated heterocycles. The Morgan fingerprint density at radius 2 is 2.00 bits per heavy atom. The number of fused-ring (bicyclic) bond motifs is 1. The van der Waals surface area contributed by atoms with E-state index >= 15 is 0 Å². The van der Waals surface area contributed by atoms with E-state index in [0.717, 1.165) is 0 Å². The third-order valence-corrected chi connectivity index (χ3v) is 6.51. The predicted octanol–water partition coefficient (Wildman–Crippen LogP) is 2.49. The van der Waals surface area contributed by atoms with E-state index in [-0.39, 0.29) is 28.8 Å². The van der Waals surface area contributed by atoms with Gasteiger partial charge >= 0.3 is 0 Å². The molecule has 1 atom stereocenters. The van der Waals surface area contributed by atoms with Gasteiger partial charge in [-0.05, 0) is 18.2 Å². The molecule has 29 heavy (non-hydrogen) atoms. The Kier molecular flexibility index (Phi) is 5.24. The second-order valence-corrected chi connectivity index (χ2v) is 8.34. The molecule has 1 fully saturated rings. The average molecular weight is 449 g/mol. The molecule has 1 aliphatic heterocycles. The fourth-order valence-corrected chi connectivity index (χ4v) is 4.72. The number of hydrogen-bond donors (Lipinski definition) is 2. The first-order chi connectivity index (χ1) is 13.9. The highest BCUT2D eigenvalue weighted by Gasteiger charge is 2.43. The summed E-state index contributed by atoms with van der Waals surface area (Å²) >= 11 is 13.6. The minimum Gasteiger partial charge on any atom is -0.320 e. The Morgan fingerprint density at radius 1 is 1.21 bits per heavy atom. The van der Waals surface area contributed by atoms with Crippen molar-refractivity contribution in [3.8, 4) is 0 Å². The molecule has 0 aliphatic carbocycles. The SMILES string of the molecule is O=C1CSC(NC(=O)Cn2cnc3ccccc3c2=O)(c2cccc(Cl)c2Cl)N1. The average Bonchev–Trinajstić information content (AvgIpc) is 3.07. The summed E-state index contributed by atoms with van der Waals surface area (Å²) in [5.41, 5.74) is 0.679. The Hall–Kier alpha value is -2.55. The Balaban J connectivity index is 1.65. The Labute approximate surface area is 179 Å². The molecule has 0 spiro atoms. The van der Waals surface area contributed by atoms with E-state index in [0.29, 0.717) is 21.5 Å². The first-order valence-corrected chi connectivity index (χ1v) is 10.3. The smallest absolute Gasteiger partial charge is 0.261 e. The number of carbonyl (C=O) groups is 2. The Morgan fingerprint density at radius 3 is 2.76 bits per heavy atom. The van der Waals surface area contributed by atoms with Gasteiger partial charge in [-0.2, -0.15) is 0 Å². The van der Waals surface area contributed by atoms with Gasteiger partial charge in [0.05, 0.1) is 33.0 Å². The summed E-state index contributed by atoms with van der Waals surface area (Å²) in [6.07, 6.45) is 1.32. The molecule has 2 amide bonds. The van der Waals surface area contributed by atoms with E-state index in [9.17, 15) is 14.4 Å². The number of rotatable bonds is 4. The van der Waals surface area contributed by atoms with Crippen LogP contribution in [0.4, 0.5) is 0 Å². The van der Waals surface area contributed by atoms with Crippen molar-refractivity contribution in [2.45, 2.75) is 11.5 Å². The molecule has 0 radical (unpaired) electrons. The van der Waals surface area contributed by atoms with Crippen molar-refractivity contribution in [2.75, 3.05) is 5.75 Å². The van der Waals surface area contributed by atoms with Crippen LogP contribution in [0.5, 0.6) is 0 Å². The maximum atomic E-state index is 12.8. The molecule has 2 N–H and O–H groups in total. The fourth-order valence-electron chi connectivity index (χ4n) is 3.11. The standard InChI is InChI=1S/C19H14Cl2N4O3S/c20-13-6-3-5-12(17(13)21)19(24-16(27)9-29-19)23-15(26)8-25-10-22-14-7-2-1-4-11(14)18(25)28/h1-7,10H,8-9H2,(H,23,26)(H,24,27). The number of halogens is 2. The zero-order valence-corrected chi connectivity index (χ0v) is 17.1. The molecule has 2 aromatic carbocycles. The monoisotopic (exact) mass is 448 g/mol. The van der Waals surface area contributed by atoms with E-state index in [1.807, 2.05) is 0 Å². The summed E-state index contributed by atoms with van der Waals surface area (Å²) in [4.78, 5) is 40.3. The van der Waals surface area contributed by atoms with Crippen molar-refractivity contribution in [3.05, 3.63) is 74.8 Å². The van der Waals surface area contributed by atoms with Crippen LogP contribution < -0.4 is 16.2 Å².